The Morgan fingerprint density at radius 1 is 0.300 bits per heavy atom. The largest absolute Gasteiger partial charge is 0.497 e. The SMILES string of the molecule is COc1ccc(-c2c(Sc3ccccc3)c(Sc3ccccc3)c(-c3ccc(OC)cc3)c(Sc3ccccc3)c2Sc2ccccc2)cc1. The minimum atomic E-state index is 0.830. The smallest absolute Gasteiger partial charge is 0.118 e. The lowest BCUT2D eigenvalue weighted by atomic mass is 9.99. The van der Waals surface area contributed by atoms with Crippen molar-refractivity contribution in [2.45, 2.75) is 39.2 Å². The summed E-state index contributed by atoms with van der Waals surface area (Å²) in [5.41, 5.74) is 4.66. The van der Waals surface area contributed by atoms with E-state index < -0.39 is 0 Å². The van der Waals surface area contributed by atoms with Gasteiger partial charge in [0.05, 0.1) is 14.2 Å². The molecule has 0 saturated heterocycles. The Hall–Kier alpha value is -4.46. The van der Waals surface area contributed by atoms with E-state index in [1.54, 1.807) is 14.2 Å². The molecular weight excluding hydrogens is 689 g/mol. The lowest BCUT2D eigenvalue weighted by molar-refractivity contribution is 0.414. The van der Waals surface area contributed by atoms with E-state index in [9.17, 15) is 0 Å². The molecule has 0 aromatic heterocycles. The van der Waals surface area contributed by atoms with Gasteiger partial charge in [0.1, 0.15) is 11.5 Å². The highest BCUT2D eigenvalue weighted by atomic mass is 32.2. The standard InChI is InChI=1S/C44H34O2S4/c1-45-33-27-23-31(24-28-33)39-41(47-35-15-7-3-8-16-35)43(49-37-19-11-5-12-20-37)40(32-25-29-34(46-2)30-26-32)44(50-38-21-13-6-14-22-38)42(39)48-36-17-9-4-10-18-36/h3-30H,1-2H3. The van der Waals surface area contributed by atoms with Crippen LogP contribution in [-0.4, -0.2) is 14.2 Å². The minimum Gasteiger partial charge on any atom is -0.497 e. The zero-order chi connectivity index (χ0) is 34.1. The first-order valence-electron chi connectivity index (χ1n) is 16.1. The summed E-state index contributed by atoms with van der Waals surface area (Å²) in [7, 11) is 3.43. The van der Waals surface area contributed by atoms with Crippen LogP contribution in [0.15, 0.2) is 209 Å². The molecule has 0 unspecified atom stereocenters. The van der Waals surface area contributed by atoms with E-state index in [1.165, 1.54) is 50.3 Å². The average molecular weight is 723 g/mol. The molecule has 246 valence electrons. The van der Waals surface area contributed by atoms with Gasteiger partial charge in [-0.3, -0.25) is 0 Å². The zero-order valence-corrected chi connectivity index (χ0v) is 30.9. The van der Waals surface area contributed by atoms with Crippen LogP contribution in [0.25, 0.3) is 22.3 Å². The Morgan fingerprint density at radius 3 is 0.760 bits per heavy atom. The zero-order valence-electron chi connectivity index (χ0n) is 27.6. The summed E-state index contributed by atoms with van der Waals surface area (Å²) in [5.74, 6) is 1.66. The van der Waals surface area contributed by atoms with Crippen molar-refractivity contribution in [2.75, 3.05) is 14.2 Å². The molecule has 0 spiro atoms. The van der Waals surface area contributed by atoms with Gasteiger partial charge in [0.25, 0.3) is 0 Å². The van der Waals surface area contributed by atoms with Crippen LogP contribution >= 0.6 is 47.0 Å². The van der Waals surface area contributed by atoms with Crippen molar-refractivity contribution in [2.24, 2.45) is 0 Å². The predicted octanol–water partition coefficient (Wildman–Crippen LogP) is 13.6. The van der Waals surface area contributed by atoms with Crippen molar-refractivity contribution in [3.8, 4) is 33.8 Å². The number of rotatable bonds is 12. The van der Waals surface area contributed by atoms with Crippen LogP contribution in [0.4, 0.5) is 0 Å². The van der Waals surface area contributed by atoms with E-state index >= 15 is 0 Å². The molecule has 0 radical (unpaired) electrons. The molecule has 0 saturated carbocycles. The van der Waals surface area contributed by atoms with Crippen LogP contribution in [0.2, 0.25) is 0 Å². The van der Waals surface area contributed by atoms with Gasteiger partial charge < -0.3 is 9.47 Å². The highest BCUT2D eigenvalue weighted by Crippen LogP contribution is 2.58. The second-order valence-corrected chi connectivity index (χ2v) is 15.5. The first kappa shape index (κ1) is 34.0. The lowest BCUT2D eigenvalue weighted by Crippen LogP contribution is -1.99. The summed E-state index contributed by atoms with van der Waals surface area (Å²) in [6.45, 7) is 0. The summed E-state index contributed by atoms with van der Waals surface area (Å²) in [6, 6.07) is 59.8. The van der Waals surface area contributed by atoms with E-state index in [0.29, 0.717) is 0 Å². The third-order valence-corrected chi connectivity index (χ3v) is 12.7. The summed E-state index contributed by atoms with van der Waals surface area (Å²) >= 11 is 7.29. The molecule has 7 aromatic rings. The van der Waals surface area contributed by atoms with Crippen LogP contribution in [0.5, 0.6) is 11.5 Å². The Morgan fingerprint density at radius 2 is 0.540 bits per heavy atom. The number of benzene rings is 7. The molecule has 0 aliphatic heterocycles. The van der Waals surface area contributed by atoms with E-state index in [2.05, 4.69) is 170 Å². The van der Waals surface area contributed by atoms with Gasteiger partial charge in [0, 0.05) is 50.3 Å². The van der Waals surface area contributed by atoms with Crippen molar-refractivity contribution < 1.29 is 9.47 Å². The predicted molar refractivity (Wildman–Crippen MR) is 213 cm³/mol. The fourth-order valence-electron chi connectivity index (χ4n) is 5.52. The van der Waals surface area contributed by atoms with Crippen LogP contribution < -0.4 is 9.47 Å². The van der Waals surface area contributed by atoms with Gasteiger partial charge in [0.2, 0.25) is 0 Å². The molecule has 0 aliphatic carbocycles. The number of hydrogen-bond donors (Lipinski definition) is 0. The highest BCUT2D eigenvalue weighted by Gasteiger charge is 2.29. The normalized spacial score (nSPS) is 10.9. The highest BCUT2D eigenvalue weighted by molar-refractivity contribution is 8.03. The average Bonchev–Trinajstić information content (AvgIpc) is 3.18. The molecule has 2 nitrogen and oxygen atoms in total. The number of methoxy groups -OCH3 is 2. The van der Waals surface area contributed by atoms with E-state index in [1.807, 2.05) is 47.0 Å². The first-order valence-corrected chi connectivity index (χ1v) is 19.4. The molecule has 7 aromatic carbocycles. The molecule has 0 bridgehead atoms. The second-order valence-electron chi connectivity index (χ2n) is 11.2. The van der Waals surface area contributed by atoms with Gasteiger partial charge >= 0.3 is 0 Å². The summed E-state index contributed by atoms with van der Waals surface area (Å²) in [5, 5.41) is 0. The maximum absolute atomic E-state index is 5.63. The third-order valence-electron chi connectivity index (χ3n) is 7.93. The number of ether oxygens (including phenoxy) is 2. The summed E-state index contributed by atoms with van der Waals surface area (Å²) < 4.78 is 11.3. The molecule has 50 heavy (non-hydrogen) atoms. The Bertz CT molecular complexity index is 1870. The molecule has 6 heteroatoms. The van der Waals surface area contributed by atoms with Crippen LogP contribution in [0, 0.1) is 0 Å². The molecule has 0 fully saturated rings. The van der Waals surface area contributed by atoms with Crippen molar-refractivity contribution in [1.82, 2.24) is 0 Å². The van der Waals surface area contributed by atoms with Gasteiger partial charge in [-0.05, 0) is 83.9 Å². The van der Waals surface area contributed by atoms with E-state index in [4.69, 9.17) is 9.47 Å². The second kappa shape index (κ2) is 16.5. The molecular formula is C44H34O2S4. The van der Waals surface area contributed by atoms with Crippen LogP contribution in [0.3, 0.4) is 0 Å². The van der Waals surface area contributed by atoms with Gasteiger partial charge in [-0.25, -0.2) is 0 Å². The van der Waals surface area contributed by atoms with Crippen molar-refractivity contribution >= 4 is 47.0 Å². The van der Waals surface area contributed by atoms with E-state index in [-0.39, 0.29) is 0 Å². The first-order chi connectivity index (χ1) is 24.7. The monoisotopic (exact) mass is 722 g/mol. The Balaban J connectivity index is 1.63. The molecule has 0 amide bonds. The van der Waals surface area contributed by atoms with Gasteiger partial charge in [0.15, 0.2) is 0 Å². The topological polar surface area (TPSA) is 18.5 Å². The summed E-state index contributed by atoms with van der Waals surface area (Å²) in [4.78, 5) is 9.53. The maximum Gasteiger partial charge on any atom is 0.118 e. The fourth-order valence-corrected chi connectivity index (χ4v) is 10.3. The molecule has 0 N–H and O–H groups in total. The van der Waals surface area contributed by atoms with Crippen molar-refractivity contribution in [3.63, 3.8) is 0 Å². The van der Waals surface area contributed by atoms with Gasteiger partial charge in [-0.2, -0.15) is 0 Å². The van der Waals surface area contributed by atoms with Crippen LogP contribution in [-0.2, 0) is 0 Å². The summed E-state index contributed by atoms with van der Waals surface area (Å²) in [6.07, 6.45) is 0. The lowest BCUT2D eigenvalue weighted by Gasteiger charge is -2.26. The maximum atomic E-state index is 5.63. The fraction of sp³-hybridized carbons (Fsp3) is 0.0455. The molecule has 0 heterocycles. The van der Waals surface area contributed by atoms with Crippen LogP contribution in [0.1, 0.15) is 0 Å². The van der Waals surface area contributed by atoms with E-state index in [0.717, 1.165) is 22.6 Å². The Kier molecular flexibility index (Phi) is 11.2. The van der Waals surface area contributed by atoms with Gasteiger partial charge in [-0.15, -0.1) is 0 Å². The third kappa shape index (κ3) is 7.95. The van der Waals surface area contributed by atoms with Crippen molar-refractivity contribution in [3.05, 3.63) is 170 Å². The molecule has 0 aliphatic rings. The Labute approximate surface area is 311 Å². The molecule has 7 rings (SSSR count). The quantitative estimate of drug-likeness (QED) is 0.124. The number of hydrogen-bond acceptors (Lipinski definition) is 6. The van der Waals surface area contributed by atoms with Gasteiger partial charge in [-0.1, -0.05) is 144 Å². The minimum absolute atomic E-state index is 0.830. The molecule has 0 atom stereocenters. The van der Waals surface area contributed by atoms with Crippen molar-refractivity contribution in [1.29, 1.82) is 0 Å².